The molecule has 0 bridgehead atoms. The van der Waals surface area contributed by atoms with E-state index in [-0.39, 0.29) is 11.8 Å². The number of hydrogen-bond donors (Lipinski definition) is 0. The maximum Gasteiger partial charge on any atom is 0.230 e. The summed E-state index contributed by atoms with van der Waals surface area (Å²) >= 11 is 0. The minimum Gasteiger partial charge on any atom is -0.308 e. The van der Waals surface area contributed by atoms with Crippen molar-refractivity contribution < 1.29 is 13.2 Å². The fourth-order valence-corrected chi connectivity index (χ4v) is 4.32. The fraction of sp³-hybridized carbons (Fsp3) is 0.381. The van der Waals surface area contributed by atoms with Crippen molar-refractivity contribution in [3.05, 3.63) is 65.7 Å². The number of rotatable bonds is 5. The SMILES string of the molecule is Cc1ccc(N(Cc2ccccc2)C(=O)C2CCN(S(C)(=O)=O)CC2)cc1. The summed E-state index contributed by atoms with van der Waals surface area (Å²) in [4.78, 5) is 15.1. The van der Waals surface area contributed by atoms with Crippen LogP contribution in [0.5, 0.6) is 0 Å². The van der Waals surface area contributed by atoms with Crippen molar-refractivity contribution in [1.82, 2.24) is 4.31 Å². The lowest BCUT2D eigenvalue weighted by molar-refractivity contribution is -0.123. The monoisotopic (exact) mass is 386 g/mol. The third-order valence-corrected chi connectivity index (χ3v) is 6.37. The summed E-state index contributed by atoms with van der Waals surface area (Å²) in [5.74, 6) is -0.0936. The molecule has 0 unspecified atom stereocenters. The predicted molar refractivity (Wildman–Crippen MR) is 108 cm³/mol. The van der Waals surface area contributed by atoms with Gasteiger partial charge in [0.15, 0.2) is 0 Å². The van der Waals surface area contributed by atoms with Gasteiger partial charge in [0, 0.05) is 24.7 Å². The standard InChI is InChI=1S/C21H26N2O3S/c1-17-8-10-20(11-9-17)23(16-18-6-4-3-5-7-18)21(24)19-12-14-22(15-13-19)27(2,25)26/h3-11,19H,12-16H2,1-2H3. The van der Waals surface area contributed by atoms with Gasteiger partial charge in [0.25, 0.3) is 0 Å². The van der Waals surface area contributed by atoms with Gasteiger partial charge >= 0.3 is 0 Å². The molecule has 0 N–H and O–H groups in total. The van der Waals surface area contributed by atoms with E-state index in [2.05, 4.69) is 0 Å². The minimum absolute atomic E-state index is 0.0656. The molecule has 0 aliphatic carbocycles. The molecule has 5 nitrogen and oxygen atoms in total. The molecule has 1 amide bonds. The van der Waals surface area contributed by atoms with Crippen LogP contribution in [-0.4, -0.2) is 38.0 Å². The summed E-state index contributed by atoms with van der Waals surface area (Å²) in [6.45, 7) is 3.34. The number of sulfonamides is 1. The van der Waals surface area contributed by atoms with Gasteiger partial charge in [-0.05, 0) is 37.5 Å². The van der Waals surface area contributed by atoms with Crippen LogP contribution < -0.4 is 4.90 Å². The molecule has 0 saturated carbocycles. The Morgan fingerprint density at radius 2 is 1.63 bits per heavy atom. The number of aryl methyl sites for hydroxylation is 1. The van der Waals surface area contributed by atoms with E-state index in [1.807, 2.05) is 66.4 Å². The summed E-state index contributed by atoms with van der Waals surface area (Å²) in [5, 5.41) is 0. The molecular formula is C21H26N2O3S. The number of hydrogen-bond acceptors (Lipinski definition) is 3. The van der Waals surface area contributed by atoms with Crippen molar-refractivity contribution in [2.75, 3.05) is 24.2 Å². The van der Waals surface area contributed by atoms with Gasteiger partial charge in [0.05, 0.1) is 12.8 Å². The Morgan fingerprint density at radius 3 is 2.19 bits per heavy atom. The molecule has 0 spiro atoms. The van der Waals surface area contributed by atoms with E-state index in [0.717, 1.165) is 16.8 Å². The van der Waals surface area contributed by atoms with E-state index < -0.39 is 10.0 Å². The van der Waals surface area contributed by atoms with Crippen molar-refractivity contribution in [2.24, 2.45) is 5.92 Å². The van der Waals surface area contributed by atoms with Crippen LogP contribution >= 0.6 is 0 Å². The number of piperidine rings is 1. The molecule has 2 aromatic carbocycles. The molecular weight excluding hydrogens is 360 g/mol. The quantitative estimate of drug-likeness (QED) is 0.793. The van der Waals surface area contributed by atoms with E-state index in [1.165, 1.54) is 10.6 Å². The summed E-state index contributed by atoms with van der Waals surface area (Å²) in [6, 6.07) is 17.9. The highest BCUT2D eigenvalue weighted by molar-refractivity contribution is 7.88. The average Bonchev–Trinajstić information content (AvgIpc) is 2.67. The molecule has 0 radical (unpaired) electrons. The minimum atomic E-state index is -3.19. The van der Waals surface area contributed by atoms with Crippen LogP contribution in [0.1, 0.15) is 24.0 Å². The lowest BCUT2D eigenvalue weighted by Gasteiger charge is -2.33. The fourth-order valence-electron chi connectivity index (χ4n) is 3.44. The molecule has 6 heteroatoms. The second-order valence-corrected chi connectivity index (χ2v) is 9.16. The van der Waals surface area contributed by atoms with Gasteiger partial charge in [0.1, 0.15) is 0 Å². The van der Waals surface area contributed by atoms with Gasteiger partial charge < -0.3 is 4.90 Å². The largest absolute Gasteiger partial charge is 0.308 e. The maximum atomic E-state index is 13.3. The number of anilines is 1. The first kappa shape index (κ1) is 19.6. The lowest BCUT2D eigenvalue weighted by atomic mass is 9.96. The number of carbonyl (C=O) groups excluding carboxylic acids is 1. The van der Waals surface area contributed by atoms with Crippen LogP contribution in [0.15, 0.2) is 54.6 Å². The summed E-state index contributed by atoms with van der Waals surface area (Å²) in [7, 11) is -3.19. The zero-order chi connectivity index (χ0) is 19.4. The van der Waals surface area contributed by atoms with Gasteiger partial charge in [-0.1, -0.05) is 48.0 Å². The van der Waals surface area contributed by atoms with Gasteiger partial charge in [-0.2, -0.15) is 0 Å². The Morgan fingerprint density at radius 1 is 1.04 bits per heavy atom. The number of carbonyl (C=O) groups is 1. The van der Waals surface area contributed by atoms with Crippen LogP contribution in [0.3, 0.4) is 0 Å². The molecule has 3 rings (SSSR count). The number of amides is 1. The van der Waals surface area contributed by atoms with Crippen LogP contribution in [0, 0.1) is 12.8 Å². The summed E-state index contributed by atoms with van der Waals surface area (Å²) in [6.07, 6.45) is 2.34. The summed E-state index contributed by atoms with van der Waals surface area (Å²) < 4.78 is 24.9. The molecule has 1 heterocycles. The van der Waals surface area contributed by atoms with E-state index >= 15 is 0 Å². The third kappa shape index (κ3) is 4.96. The molecule has 1 saturated heterocycles. The molecule has 0 atom stereocenters. The molecule has 1 fully saturated rings. The first-order chi connectivity index (χ1) is 12.8. The van der Waals surface area contributed by atoms with Gasteiger partial charge in [-0.15, -0.1) is 0 Å². The van der Waals surface area contributed by atoms with Gasteiger partial charge in [-0.25, -0.2) is 12.7 Å². The van der Waals surface area contributed by atoms with Crippen LogP contribution in [0.2, 0.25) is 0 Å². The normalized spacial score (nSPS) is 16.2. The third-order valence-electron chi connectivity index (χ3n) is 5.07. The zero-order valence-electron chi connectivity index (χ0n) is 15.8. The van der Waals surface area contributed by atoms with E-state index in [0.29, 0.717) is 32.5 Å². The van der Waals surface area contributed by atoms with Crippen molar-refractivity contribution in [1.29, 1.82) is 0 Å². The molecule has 1 aliphatic rings. The van der Waals surface area contributed by atoms with Crippen molar-refractivity contribution in [3.8, 4) is 0 Å². The topological polar surface area (TPSA) is 57.7 Å². The van der Waals surface area contributed by atoms with E-state index in [4.69, 9.17) is 0 Å². The predicted octanol–water partition coefficient (Wildman–Crippen LogP) is 3.20. The Balaban J connectivity index is 1.80. The van der Waals surface area contributed by atoms with E-state index in [9.17, 15) is 13.2 Å². The summed E-state index contributed by atoms with van der Waals surface area (Å²) in [5.41, 5.74) is 3.09. The van der Waals surface area contributed by atoms with Crippen LogP contribution in [0.25, 0.3) is 0 Å². The smallest absolute Gasteiger partial charge is 0.230 e. The van der Waals surface area contributed by atoms with Gasteiger partial charge in [0.2, 0.25) is 15.9 Å². The molecule has 144 valence electrons. The number of benzene rings is 2. The first-order valence-corrected chi connectivity index (χ1v) is 11.1. The Bertz CT molecular complexity index is 871. The second-order valence-electron chi connectivity index (χ2n) is 7.18. The maximum absolute atomic E-state index is 13.3. The Kier molecular flexibility index (Phi) is 5.97. The highest BCUT2D eigenvalue weighted by atomic mass is 32.2. The molecule has 1 aliphatic heterocycles. The molecule has 27 heavy (non-hydrogen) atoms. The van der Waals surface area contributed by atoms with Crippen molar-refractivity contribution in [2.45, 2.75) is 26.3 Å². The van der Waals surface area contributed by atoms with Crippen molar-refractivity contribution in [3.63, 3.8) is 0 Å². The Hall–Kier alpha value is -2.18. The first-order valence-electron chi connectivity index (χ1n) is 9.21. The molecule has 2 aromatic rings. The highest BCUT2D eigenvalue weighted by Crippen LogP contribution is 2.26. The second kappa shape index (κ2) is 8.23. The Labute approximate surface area is 161 Å². The van der Waals surface area contributed by atoms with Crippen LogP contribution in [-0.2, 0) is 21.4 Å². The van der Waals surface area contributed by atoms with Crippen molar-refractivity contribution >= 4 is 21.6 Å². The van der Waals surface area contributed by atoms with Crippen LogP contribution in [0.4, 0.5) is 5.69 Å². The molecule has 0 aromatic heterocycles. The highest BCUT2D eigenvalue weighted by Gasteiger charge is 2.32. The number of nitrogens with zero attached hydrogens (tertiary/aromatic N) is 2. The van der Waals surface area contributed by atoms with Gasteiger partial charge in [-0.3, -0.25) is 4.79 Å². The zero-order valence-corrected chi connectivity index (χ0v) is 16.7. The average molecular weight is 387 g/mol. The van der Waals surface area contributed by atoms with E-state index in [1.54, 1.807) is 0 Å². The lowest BCUT2D eigenvalue weighted by Crippen LogP contribution is -2.44.